The number of sulfone groups is 1. The number of halogens is 2. The van der Waals surface area contributed by atoms with Crippen LogP contribution in [0.25, 0.3) is 16.9 Å². The van der Waals surface area contributed by atoms with Crippen LogP contribution in [0.15, 0.2) is 28.5 Å². The standard InChI is InChI=1S/C12H12F2N6O3S/c1-18-8-4-15-11(24(2,22)23)17-10(8)20(12(18)21)7-3-16-19(5-7)6-9(13)14/h3-5,9H,6H2,1-2H3. The molecule has 0 saturated carbocycles. The van der Waals surface area contributed by atoms with Crippen molar-refractivity contribution in [3.63, 3.8) is 0 Å². The van der Waals surface area contributed by atoms with Gasteiger partial charge in [0.05, 0.1) is 18.1 Å². The van der Waals surface area contributed by atoms with E-state index >= 15 is 0 Å². The molecule has 0 aliphatic heterocycles. The van der Waals surface area contributed by atoms with Crippen molar-refractivity contribution < 1.29 is 17.2 Å². The van der Waals surface area contributed by atoms with Crippen LogP contribution < -0.4 is 5.69 Å². The Kier molecular flexibility index (Phi) is 3.70. The predicted octanol–water partition coefficient (Wildman–Crippen LogP) is -0.0157. The van der Waals surface area contributed by atoms with Gasteiger partial charge in [0.1, 0.15) is 12.1 Å². The van der Waals surface area contributed by atoms with Gasteiger partial charge in [0.2, 0.25) is 15.0 Å². The molecule has 9 nitrogen and oxygen atoms in total. The maximum absolute atomic E-state index is 12.4. The third-order valence-corrected chi connectivity index (χ3v) is 4.17. The van der Waals surface area contributed by atoms with E-state index in [1.54, 1.807) is 0 Å². The normalized spacial score (nSPS) is 12.4. The summed E-state index contributed by atoms with van der Waals surface area (Å²) in [4.78, 5) is 20.1. The lowest BCUT2D eigenvalue weighted by atomic mass is 10.5. The second-order valence-corrected chi connectivity index (χ2v) is 7.03. The van der Waals surface area contributed by atoms with Crippen molar-refractivity contribution in [2.75, 3.05) is 6.26 Å². The minimum atomic E-state index is -3.67. The molecule has 0 aliphatic carbocycles. The highest BCUT2D eigenvalue weighted by atomic mass is 32.2. The van der Waals surface area contributed by atoms with Crippen molar-refractivity contribution in [2.24, 2.45) is 7.05 Å². The molecular formula is C12H12F2N6O3S. The Bertz CT molecular complexity index is 1080. The monoisotopic (exact) mass is 358 g/mol. The van der Waals surface area contributed by atoms with Gasteiger partial charge in [0, 0.05) is 19.5 Å². The van der Waals surface area contributed by atoms with Gasteiger partial charge in [-0.25, -0.2) is 31.5 Å². The van der Waals surface area contributed by atoms with Gasteiger partial charge in [0.25, 0.3) is 6.43 Å². The zero-order chi connectivity index (χ0) is 17.6. The SMILES string of the molecule is Cn1c(=O)n(-c2cnn(CC(F)F)c2)c2nc(S(C)(=O)=O)ncc21. The molecule has 0 unspecified atom stereocenters. The number of fused-ring (bicyclic) bond motifs is 1. The van der Waals surface area contributed by atoms with Crippen molar-refractivity contribution in [3.05, 3.63) is 29.1 Å². The maximum atomic E-state index is 12.4. The van der Waals surface area contributed by atoms with Gasteiger partial charge in [-0.2, -0.15) is 10.1 Å². The van der Waals surface area contributed by atoms with Gasteiger partial charge in [-0.1, -0.05) is 0 Å². The first-order chi connectivity index (χ1) is 11.2. The van der Waals surface area contributed by atoms with Crippen LogP contribution in [0, 0.1) is 0 Å². The molecule has 0 aromatic carbocycles. The largest absolute Gasteiger partial charge is 0.334 e. The fourth-order valence-corrected chi connectivity index (χ4v) is 2.71. The second-order valence-electron chi connectivity index (χ2n) is 5.12. The molecule has 3 heterocycles. The molecule has 128 valence electrons. The van der Waals surface area contributed by atoms with Crippen molar-refractivity contribution >= 4 is 21.0 Å². The first kappa shape index (κ1) is 16.2. The van der Waals surface area contributed by atoms with E-state index in [2.05, 4.69) is 15.1 Å². The Morgan fingerprint density at radius 2 is 2.00 bits per heavy atom. The molecule has 3 aromatic rings. The number of nitrogens with zero attached hydrogens (tertiary/aromatic N) is 6. The number of hydrogen-bond donors (Lipinski definition) is 0. The lowest BCUT2D eigenvalue weighted by molar-refractivity contribution is 0.122. The first-order valence-corrected chi connectivity index (χ1v) is 8.53. The summed E-state index contributed by atoms with van der Waals surface area (Å²) in [5.74, 6) is 0. The van der Waals surface area contributed by atoms with E-state index in [0.717, 1.165) is 15.5 Å². The van der Waals surface area contributed by atoms with E-state index in [4.69, 9.17) is 0 Å². The topological polar surface area (TPSA) is 105 Å². The quantitative estimate of drug-likeness (QED) is 0.607. The number of alkyl halides is 2. The average Bonchev–Trinajstić information content (AvgIpc) is 3.01. The molecule has 0 saturated heterocycles. The highest BCUT2D eigenvalue weighted by molar-refractivity contribution is 7.90. The number of imidazole rings is 1. The molecule has 0 fully saturated rings. The summed E-state index contributed by atoms with van der Waals surface area (Å²) >= 11 is 0. The minimum Gasteiger partial charge on any atom is -0.292 e. The summed E-state index contributed by atoms with van der Waals surface area (Å²) in [7, 11) is -2.21. The number of aromatic nitrogens is 6. The summed E-state index contributed by atoms with van der Waals surface area (Å²) in [6.07, 6.45) is 2.06. The van der Waals surface area contributed by atoms with Crippen LogP contribution in [-0.4, -0.2) is 50.0 Å². The fraction of sp³-hybridized carbons (Fsp3) is 0.333. The zero-order valence-corrected chi connectivity index (χ0v) is 13.4. The molecule has 3 aromatic heterocycles. The van der Waals surface area contributed by atoms with Gasteiger partial charge in [0.15, 0.2) is 5.65 Å². The van der Waals surface area contributed by atoms with Crippen molar-refractivity contribution in [1.82, 2.24) is 28.9 Å². The maximum Gasteiger partial charge on any atom is 0.334 e. The lowest BCUT2D eigenvalue weighted by Crippen LogP contribution is -2.20. The Balaban J connectivity index is 2.25. The zero-order valence-electron chi connectivity index (χ0n) is 12.6. The van der Waals surface area contributed by atoms with Gasteiger partial charge in [-0.3, -0.25) is 9.25 Å². The van der Waals surface area contributed by atoms with E-state index in [1.165, 1.54) is 30.2 Å². The summed E-state index contributed by atoms with van der Waals surface area (Å²) in [6, 6.07) is 0. The van der Waals surface area contributed by atoms with Crippen molar-refractivity contribution in [1.29, 1.82) is 0 Å². The molecule has 0 bridgehead atoms. The van der Waals surface area contributed by atoms with Crippen LogP contribution in [0.5, 0.6) is 0 Å². The van der Waals surface area contributed by atoms with Crippen LogP contribution >= 0.6 is 0 Å². The molecule has 24 heavy (non-hydrogen) atoms. The number of aryl methyl sites for hydroxylation is 1. The van der Waals surface area contributed by atoms with Crippen molar-refractivity contribution in [2.45, 2.75) is 18.1 Å². The highest BCUT2D eigenvalue weighted by Gasteiger charge is 2.19. The summed E-state index contributed by atoms with van der Waals surface area (Å²) in [5, 5.41) is 3.33. The number of hydrogen-bond acceptors (Lipinski definition) is 6. The lowest BCUT2D eigenvalue weighted by Gasteiger charge is -2.00. The van der Waals surface area contributed by atoms with Crippen molar-refractivity contribution in [3.8, 4) is 5.69 Å². The Morgan fingerprint density at radius 3 is 2.62 bits per heavy atom. The van der Waals surface area contributed by atoms with Gasteiger partial charge >= 0.3 is 5.69 Å². The van der Waals surface area contributed by atoms with Gasteiger partial charge in [-0.15, -0.1) is 0 Å². The Hall–Kier alpha value is -2.63. The summed E-state index contributed by atoms with van der Waals surface area (Å²) in [5.41, 5.74) is 0.0227. The molecule has 0 aliphatic rings. The van der Waals surface area contributed by atoms with Crippen LogP contribution in [0.1, 0.15) is 0 Å². The fourth-order valence-electron chi connectivity index (χ4n) is 2.22. The smallest absolute Gasteiger partial charge is 0.292 e. The average molecular weight is 358 g/mol. The van der Waals surface area contributed by atoms with E-state index in [-0.39, 0.29) is 11.3 Å². The van der Waals surface area contributed by atoms with Crippen LogP contribution in [0.2, 0.25) is 0 Å². The highest BCUT2D eigenvalue weighted by Crippen LogP contribution is 2.16. The number of rotatable bonds is 4. The molecule has 0 atom stereocenters. The molecule has 0 spiro atoms. The predicted molar refractivity (Wildman–Crippen MR) is 79.0 cm³/mol. The van der Waals surface area contributed by atoms with E-state index in [0.29, 0.717) is 5.52 Å². The minimum absolute atomic E-state index is 0.0505. The molecule has 12 heteroatoms. The van der Waals surface area contributed by atoms with E-state index < -0.39 is 33.7 Å². The molecular weight excluding hydrogens is 346 g/mol. The summed E-state index contributed by atoms with van der Waals surface area (Å²) < 4.78 is 51.4. The second kappa shape index (κ2) is 5.47. The molecule has 0 N–H and O–H groups in total. The van der Waals surface area contributed by atoms with E-state index in [1.807, 2.05) is 0 Å². The van der Waals surface area contributed by atoms with Gasteiger partial charge < -0.3 is 0 Å². The van der Waals surface area contributed by atoms with E-state index in [9.17, 15) is 22.0 Å². The van der Waals surface area contributed by atoms with Crippen LogP contribution in [0.3, 0.4) is 0 Å². The molecule has 0 radical (unpaired) electrons. The summed E-state index contributed by atoms with van der Waals surface area (Å²) in [6.45, 7) is -0.622. The molecule has 3 rings (SSSR count). The molecule has 0 amide bonds. The Morgan fingerprint density at radius 1 is 1.29 bits per heavy atom. The van der Waals surface area contributed by atoms with Crippen LogP contribution in [0.4, 0.5) is 8.78 Å². The van der Waals surface area contributed by atoms with Crippen LogP contribution in [-0.2, 0) is 23.4 Å². The Labute approximate surface area is 134 Å². The third-order valence-electron chi connectivity index (χ3n) is 3.31. The first-order valence-electron chi connectivity index (χ1n) is 6.64. The third kappa shape index (κ3) is 2.68. The van der Waals surface area contributed by atoms with Gasteiger partial charge in [-0.05, 0) is 0 Å².